The van der Waals surface area contributed by atoms with Crippen molar-refractivity contribution in [2.75, 3.05) is 13.2 Å². The van der Waals surface area contributed by atoms with Gasteiger partial charge in [-0.15, -0.1) is 4.73 Å². The van der Waals surface area contributed by atoms with E-state index in [1.165, 1.54) is 0 Å². The number of aromatic hydroxyl groups is 2. The van der Waals surface area contributed by atoms with E-state index in [0.29, 0.717) is 11.2 Å². The van der Waals surface area contributed by atoms with Crippen molar-refractivity contribution in [1.29, 1.82) is 0 Å². The summed E-state index contributed by atoms with van der Waals surface area (Å²) in [5.41, 5.74) is 0. The topological polar surface area (TPSA) is 119 Å². The van der Waals surface area contributed by atoms with E-state index in [0.717, 1.165) is 12.1 Å². The summed E-state index contributed by atoms with van der Waals surface area (Å²) in [6.45, 7) is 7.76. The van der Waals surface area contributed by atoms with Gasteiger partial charge in [0.1, 0.15) is 12.6 Å². The van der Waals surface area contributed by atoms with E-state index in [1.807, 2.05) is 27.7 Å². The summed E-state index contributed by atoms with van der Waals surface area (Å²) < 4.78 is 10.8. The van der Waals surface area contributed by atoms with Crippen LogP contribution in [0.1, 0.15) is 34.1 Å². The number of hydrogen-bond donors (Lipinski definition) is 3. The number of alkyl carbamates (subject to hydrolysis) is 1. The summed E-state index contributed by atoms with van der Waals surface area (Å²) in [6.07, 6.45) is -0.465. The van der Waals surface area contributed by atoms with Crippen molar-refractivity contribution in [2.24, 2.45) is 5.92 Å². The van der Waals surface area contributed by atoms with E-state index in [2.05, 4.69) is 5.32 Å². The maximum atomic E-state index is 12.2. The lowest BCUT2D eigenvalue weighted by atomic mass is 10.0. The highest BCUT2D eigenvalue weighted by molar-refractivity contribution is 5.81. The van der Waals surface area contributed by atoms with Gasteiger partial charge in [0.05, 0.1) is 12.7 Å². The summed E-state index contributed by atoms with van der Waals surface area (Å²) >= 11 is 0. The number of carbonyl (C=O) groups excluding carboxylic acids is 2. The molecule has 0 aliphatic carbocycles. The quantitative estimate of drug-likeness (QED) is 0.571. The SMILES string of the molecule is CC(C)C[C@H](NC(=O)OCCOC(C)C)C(=O)On1c(O)ccc1O. The highest BCUT2D eigenvalue weighted by atomic mass is 16.7. The van der Waals surface area contributed by atoms with Crippen molar-refractivity contribution in [3.05, 3.63) is 12.1 Å². The van der Waals surface area contributed by atoms with Gasteiger partial charge in [0.2, 0.25) is 11.8 Å². The van der Waals surface area contributed by atoms with Gasteiger partial charge in [-0.2, -0.15) is 0 Å². The lowest BCUT2D eigenvalue weighted by Crippen LogP contribution is -2.45. The Morgan fingerprint density at radius 3 is 2.24 bits per heavy atom. The number of amides is 1. The first-order valence-electron chi connectivity index (χ1n) is 8.07. The number of aromatic nitrogens is 1. The molecular weight excluding hydrogens is 332 g/mol. The fourth-order valence-electron chi connectivity index (χ4n) is 1.94. The van der Waals surface area contributed by atoms with Crippen molar-refractivity contribution < 1.29 is 34.1 Å². The third-order valence-electron chi connectivity index (χ3n) is 3.03. The molecule has 9 nitrogen and oxygen atoms in total. The van der Waals surface area contributed by atoms with Crippen LogP contribution < -0.4 is 10.2 Å². The summed E-state index contributed by atoms with van der Waals surface area (Å²) in [7, 11) is 0. The third kappa shape index (κ3) is 7.34. The first-order chi connectivity index (χ1) is 11.7. The molecule has 1 atom stereocenters. The second-order valence-electron chi connectivity index (χ2n) is 6.14. The normalized spacial score (nSPS) is 12.2. The Bertz CT molecular complexity index is 549. The maximum absolute atomic E-state index is 12.2. The average molecular weight is 358 g/mol. The Kier molecular flexibility index (Phi) is 8.06. The minimum absolute atomic E-state index is 0.0252. The molecule has 1 amide bonds. The lowest BCUT2D eigenvalue weighted by Gasteiger charge is -2.19. The van der Waals surface area contributed by atoms with Gasteiger partial charge in [0.15, 0.2) is 0 Å². The third-order valence-corrected chi connectivity index (χ3v) is 3.03. The Morgan fingerprint density at radius 1 is 1.12 bits per heavy atom. The monoisotopic (exact) mass is 358 g/mol. The van der Waals surface area contributed by atoms with Crippen LogP contribution in [-0.2, 0) is 14.3 Å². The van der Waals surface area contributed by atoms with Gasteiger partial charge in [-0.25, -0.2) is 9.59 Å². The van der Waals surface area contributed by atoms with Gasteiger partial charge in [0, 0.05) is 12.1 Å². The Labute approximate surface area is 146 Å². The molecule has 1 aromatic rings. The van der Waals surface area contributed by atoms with E-state index in [9.17, 15) is 19.8 Å². The molecule has 0 radical (unpaired) electrons. The molecule has 0 bridgehead atoms. The molecule has 0 saturated heterocycles. The molecule has 0 aliphatic rings. The fraction of sp³-hybridized carbons (Fsp3) is 0.625. The van der Waals surface area contributed by atoms with Crippen molar-refractivity contribution in [1.82, 2.24) is 10.0 Å². The van der Waals surface area contributed by atoms with E-state index in [1.54, 1.807) is 0 Å². The lowest BCUT2D eigenvalue weighted by molar-refractivity contribution is -0.148. The van der Waals surface area contributed by atoms with Crippen molar-refractivity contribution in [3.63, 3.8) is 0 Å². The molecular formula is C16H26N2O7. The highest BCUT2D eigenvalue weighted by Crippen LogP contribution is 2.19. The first-order valence-corrected chi connectivity index (χ1v) is 8.07. The number of rotatable bonds is 9. The summed E-state index contributed by atoms with van der Waals surface area (Å²) in [4.78, 5) is 29.0. The maximum Gasteiger partial charge on any atom is 0.407 e. The largest absolute Gasteiger partial charge is 0.492 e. The van der Waals surface area contributed by atoms with Crippen LogP contribution >= 0.6 is 0 Å². The Morgan fingerprint density at radius 2 is 1.72 bits per heavy atom. The number of ether oxygens (including phenoxy) is 2. The second-order valence-corrected chi connectivity index (χ2v) is 6.14. The minimum Gasteiger partial charge on any atom is -0.492 e. The fourth-order valence-corrected chi connectivity index (χ4v) is 1.94. The van der Waals surface area contributed by atoms with Crippen LogP contribution in [0.2, 0.25) is 0 Å². The van der Waals surface area contributed by atoms with Gasteiger partial charge in [0.25, 0.3) is 0 Å². The van der Waals surface area contributed by atoms with E-state index in [4.69, 9.17) is 14.3 Å². The molecule has 0 fully saturated rings. The van der Waals surface area contributed by atoms with Gasteiger partial charge in [-0.05, 0) is 26.2 Å². The summed E-state index contributed by atoms with van der Waals surface area (Å²) in [5.74, 6) is -1.65. The number of nitrogens with one attached hydrogen (secondary N) is 1. The van der Waals surface area contributed by atoms with E-state index >= 15 is 0 Å². The van der Waals surface area contributed by atoms with Crippen LogP contribution in [0, 0.1) is 5.92 Å². The van der Waals surface area contributed by atoms with Gasteiger partial charge in [-0.1, -0.05) is 13.8 Å². The average Bonchev–Trinajstić information content (AvgIpc) is 2.82. The molecule has 1 aromatic heterocycles. The molecule has 0 aliphatic heterocycles. The van der Waals surface area contributed by atoms with Crippen molar-refractivity contribution in [2.45, 2.75) is 46.3 Å². The van der Waals surface area contributed by atoms with Crippen LogP contribution in [-0.4, -0.2) is 52.4 Å². The van der Waals surface area contributed by atoms with Gasteiger partial charge < -0.3 is 29.8 Å². The van der Waals surface area contributed by atoms with Gasteiger partial charge >= 0.3 is 12.1 Å². The summed E-state index contributed by atoms with van der Waals surface area (Å²) in [6, 6.07) is 1.33. The van der Waals surface area contributed by atoms with Crippen molar-refractivity contribution >= 4 is 12.1 Å². The minimum atomic E-state index is -1.00. The first kappa shape index (κ1) is 20.6. The Balaban J connectivity index is 2.60. The van der Waals surface area contributed by atoms with Crippen molar-refractivity contribution in [3.8, 4) is 11.8 Å². The molecule has 1 heterocycles. The molecule has 0 spiro atoms. The molecule has 0 unspecified atom stereocenters. The Hall–Kier alpha value is -2.42. The zero-order valence-electron chi connectivity index (χ0n) is 14.9. The standard InChI is InChI=1S/C16H26N2O7/c1-10(2)9-12(17-16(22)24-8-7-23-11(3)4)15(21)25-18-13(19)5-6-14(18)20/h5-6,10-12,19-20H,7-9H2,1-4H3,(H,17,22)/t12-/m0/s1. The van der Waals surface area contributed by atoms with Crippen LogP contribution in [0.5, 0.6) is 11.8 Å². The van der Waals surface area contributed by atoms with Crippen LogP contribution in [0.4, 0.5) is 4.79 Å². The molecule has 3 N–H and O–H groups in total. The number of hydrogen-bond acceptors (Lipinski definition) is 7. The molecule has 0 aromatic carbocycles. The highest BCUT2D eigenvalue weighted by Gasteiger charge is 2.26. The second kappa shape index (κ2) is 9.77. The van der Waals surface area contributed by atoms with Crippen LogP contribution in [0.15, 0.2) is 12.1 Å². The predicted molar refractivity (Wildman–Crippen MR) is 88.2 cm³/mol. The van der Waals surface area contributed by atoms with Crippen LogP contribution in [0.25, 0.3) is 0 Å². The van der Waals surface area contributed by atoms with Gasteiger partial charge in [-0.3, -0.25) is 0 Å². The van der Waals surface area contributed by atoms with Crippen LogP contribution in [0.3, 0.4) is 0 Å². The molecule has 25 heavy (non-hydrogen) atoms. The zero-order valence-corrected chi connectivity index (χ0v) is 14.9. The van der Waals surface area contributed by atoms with E-state index in [-0.39, 0.29) is 25.2 Å². The van der Waals surface area contributed by atoms with E-state index < -0.39 is 29.9 Å². The summed E-state index contributed by atoms with van der Waals surface area (Å²) in [5, 5.41) is 21.4. The molecule has 1 rings (SSSR count). The smallest absolute Gasteiger partial charge is 0.407 e. The molecule has 9 heteroatoms. The number of carbonyl (C=O) groups is 2. The molecule has 142 valence electrons. The predicted octanol–water partition coefficient (Wildman–Crippen LogP) is 1.42. The number of nitrogens with zero attached hydrogens (tertiary/aromatic N) is 1. The molecule has 0 saturated carbocycles. The zero-order chi connectivity index (χ0) is 19.0.